The molecule has 1 aromatic heterocycles. The van der Waals surface area contributed by atoms with Gasteiger partial charge in [0.25, 0.3) is 5.56 Å². The van der Waals surface area contributed by atoms with Gasteiger partial charge in [-0.05, 0) is 32.7 Å². The van der Waals surface area contributed by atoms with E-state index >= 15 is 0 Å². The molecule has 0 bridgehead atoms. The Kier molecular flexibility index (Phi) is 3.18. The van der Waals surface area contributed by atoms with Crippen LogP contribution < -0.4 is 5.56 Å². The van der Waals surface area contributed by atoms with Gasteiger partial charge in [0, 0.05) is 18.7 Å². The zero-order valence-electron chi connectivity index (χ0n) is 10.7. The molecular formula is C13H19N3O2. The monoisotopic (exact) mass is 249 g/mol. The number of nitrogens with zero attached hydrogens (tertiary/aromatic N) is 2. The lowest BCUT2D eigenvalue weighted by molar-refractivity contribution is -0.0257. The zero-order chi connectivity index (χ0) is 12.5. The van der Waals surface area contributed by atoms with Crippen LogP contribution in [0.2, 0.25) is 0 Å². The number of aromatic amines is 1. The Hall–Kier alpha value is -1.20. The van der Waals surface area contributed by atoms with Crippen LogP contribution in [-0.4, -0.2) is 41.6 Å². The van der Waals surface area contributed by atoms with E-state index in [-0.39, 0.29) is 11.7 Å². The topological polar surface area (TPSA) is 58.2 Å². The number of aromatic nitrogens is 2. The fraction of sp³-hybridized carbons (Fsp3) is 0.692. The molecule has 18 heavy (non-hydrogen) atoms. The van der Waals surface area contributed by atoms with Crippen LogP contribution in [0.25, 0.3) is 0 Å². The van der Waals surface area contributed by atoms with Crippen molar-refractivity contribution in [3.8, 4) is 0 Å². The second-order valence-corrected chi connectivity index (χ2v) is 5.21. The molecule has 2 aliphatic rings. The number of rotatable bonds is 1. The maximum atomic E-state index is 12.0. The second kappa shape index (κ2) is 4.82. The minimum absolute atomic E-state index is 0.0338. The first-order valence-corrected chi connectivity index (χ1v) is 6.66. The van der Waals surface area contributed by atoms with Gasteiger partial charge in [-0.15, -0.1) is 0 Å². The average molecular weight is 249 g/mol. The number of morpholine rings is 1. The van der Waals surface area contributed by atoms with Gasteiger partial charge in [0.15, 0.2) is 0 Å². The molecule has 0 aromatic carbocycles. The third-order valence-corrected chi connectivity index (χ3v) is 3.78. The SMILES string of the molecule is CN1CCOC(c2nc3c(c(=O)[nH]2)CCCC3)C1. The van der Waals surface area contributed by atoms with Crippen LogP contribution in [0.5, 0.6) is 0 Å². The molecule has 1 aliphatic carbocycles. The van der Waals surface area contributed by atoms with E-state index in [4.69, 9.17) is 4.74 Å². The molecule has 5 heteroatoms. The van der Waals surface area contributed by atoms with Crippen molar-refractivity contribution in [2.24, 2.45) is 0 Å². The highest BCUT2D eigenvalue weighted by atomic mass is 16.5. The molecule has 1 fully saturated rings. The molecule has 1 saturated heterocycles. The van der Waals surface area contributed by atoms with E-state index in [1.54, 1.807) is 0 Å². The molecule has 2 heterocycles. The fourth-order valence-electron chi connectivity index (χ4n) is 2.72. The lowest BCUT2D eigenvalue weighted by Crippen LogP contribution is -2.37. The van der Waals surface area contributed by atoms with E-state index in [9.17, 15) is 4.79 Å². The van der Waals surface area contributed by atoms with Crippen LogP contribution in [0.4, 0.5) is 0 Å². The van der Waals surface area contributed by atoms with Crippen molar-refractivity contribution in [1.29, 1.82) is 0 Å². The number of ether oxygens (including phenoxy) is 1. The highest BCUT2D eigenvalue weighted by Gasteiger charge is 2.24. The summed E-state index contributed by atoms with van der Waals surface area (Å²) in [4.78, 5) is 21.8. The number of likely N-dealkylation sites (N-methyl/N-ethyl adjacent to an activating group) is 1. The van der Waals surface area contributed by atoms with Gasteiger partial charge < -0.3 is 14.6 Å². The second-order valence-electron chi connectivity index (χ2n) is 5.21. The first kappa shape index (κ1) is 11.9. The first-order valence-electron chi connectivity index (χ1n) is 6.66. The molecule has 1 atom stereocenters. The molecule has 1 aliphatic heterocycles. The van der Waals surface area contributed by atoms with Crippen LogP contribution in [-0.2, 0) is 17.6 Å². The molecule has 1 aromatic rings. The molecule has 1 N–H and O–H groups in total. The van der Waals surface area contributed by atoms with E-state index in [1.165, 1.54) is 0 Å². The molecule has 1 unspecified atom stereocenters. The van der Waals surface area contributed by atoms with Gasteiger partial charge in [-0.25, -0.2) is 4.98 Å². The standard InChI is InChI=1S/C13H19N3O2/c1-16-6-7-18-11(8-16)12-14-10-5-3-2-4-9(10)13(17)15-12/h11H,2-8H2,1H3,(H,14,15,17). The number of aryl methyl sites for hydroxylation is 1. The zero-order valence-corrected chi connectivity index (χ0v) is 10.7. The Balaban J connectivity index is 1.93. The normalized spacial score (nSPS) is 24.8. The number of H-pyrrole nitrogens is 1. The minimum atomic E-state index is -0.0938. The smallest absolute Gasteiger partial charge is 0.254 e. The lowest BCUT2D eigenvalue weighted by Gasteiger charge is -2.29. The summed E-state index contributed by atoms with van der Waals surface area (Å²) in [6, 6.07) is 0. The Morgan fingerprint density at radius 3 is 3.06 bits per heavy atom. The summed E-state index contributed by atoms with van der Waals surface area (Å²) in [6.07, 6.45) is 3.93. The van der Waals surface area contributed by atoms with E-state index in [2.05, 4.69) is 21.9 Å². The number of hydrogen-bond donors (Lipinski definition) is 1. The summed E-state index contributed by atoms with van der Waals surface area (Å²) in [6.45, 7) is 2.43. The number of nitrogens with one attached hydrogen (secondary N) is 1. The Morgan fingerprint density at radius 2 is 2.22 bits per heavy atom. The van der Waals surface area contributed by atoms with E-state index in [0.717, 1.165) is 50.0 Å². The van der Waals surface area contributed by atoms with E-state index in [0.29, 0.717) is 12.4 Å². The Bertz CT molecular complexity index is 497. The molecule has 0 saturated carbocycles. The summed E-state index contributed by atoms with van der Waals surface area (Å²) >= 11 is 0. The molecule has 5 nitrogen and oxygen atoms in total. The quantitative estimate of drug-likeness (QED) is 0.794. The maximum Gasteiger partial charge on any atom is 0.254 e. The van der Waals surface area contributed by atoms with E-state index in [1.807, 2.05) is 0 Å². The van der Waals surface area contributed by atoms with Gasteiger partial charge in [0.1, 0.15) is 11.9 Å². The summed E-state index contributed by atoms with van der Waals surface area (Å²) in [7, 11) is 2.06. The molecule has 3 rings (SSSR count). The lowest BCUT2D eigenvalue weighted by atomic mass is 9.97. The summed E-state index contributed by atoms with van der Waals surface area (Å²) in [5.74, 6) is 0.701. The van der Waals surface area contributed by atoms with Crippen LogP contribution in [0.1, 0.15) is 36.0 Å². The average Bonchev–Trinajstić information content (AvgIpc) is 2.39. The number of hydrogen-bond acceptors (Lipinski definition) is 4. The molecule has 0 radical (unpaired) electrons. The van der Waals surface area contributed by atoms with E-state index < -0.39 is 0 Å². The summed E-state index contributed by atoms with van der Waals surface area (Å²) in [5, 5.41) is 0. The highest BCUT2D eigenvalue weighted by molar-refractivity contribution is 5.21. The van der Waals surface area contributed by atoms with Crippen molar-refractivity contribution in [3.05, 3.63) is 27.4 Å². The van der Waals surface area contributed by atoms with Gasteiger partial charge in [0.2, 0.25) is 0 Å². The first-order chi connectivity index (χ1) is 8.74. The number of fused-ring (bicyclic) bond motifs is 1. The van der Waals surface area contributed by atoms with Gasteiger partial charge in [-0.1, -0.05) is 0 Å². The van der Waals surface area contributed by atoms with Crippen molar-refractivity contribution in [2.75, 3.05) is 26.7 Å². The molecule has 98 valence electrons. The fourth-order valence-corrected chi connectivity index (χ4v) is 2.72. The summed E-state index contributed by atoms with van der Waals surface area (Å²) in [5.41, 5.74) is 1.90. The van der Waals surface area contributed by atoms with Gasteiger partial charge in [-0.2, -0.15) is 0 Å². The third-order valence-electron chi connectivity index (χ3n) is 3.78. The molecular weight excluding hydrogens is 230 g/mol. The van der Waals surface area contributed by atoms with Crippen molar-refractivity contribution in [3.63, 3.8) is 0 Å². The van der Waals surface area contributed by atoms with Gasteiger partial charge in [-0.3, -0.25) is 4.79 Å². The van der Waals surface area contributed by atoms with Crippen LogP contribution in [0, 0.1) is 0 Å². The van der Waals surface area contributed by atoms with Gasteiger partial charge in [0.05, 0.1) is 12.3 Å². The maximum absolute atomic E-state index is 12.0. The van der Waals surface area contributed by atoms with Gasteiger partial charge >= 0.3 is 0 Å². The van der Waals surface area contributed by atoms with Crippen molar-refractivity contribution in [2.45, 2.75) is 31.8 Å². The van der Waals surface area contributed by atoms with Crippen LogP contribution in [0.15, 0.2) is 4.79 Å². The molecule has 0 amide bonds. The predicted molar refractivity (Wildman–Crippen MR) is 67.7 cm³/mol. The highest BCUT2D eigenvalue weighted by Crippen LogP contribution is 2.21. The minimum Gasteiger partial charge on any atom is -0.368 e. The van der Waals surface area contributed by atoms with Crippen LogP contribution >= 0.6 is 0 Å². The molecule has 0 spiro atoms. The largest absolute Gasteiger partial charge is 0.368 e. The predicted octanol–water partition coefficient (Wildman–Crippen LogP) is 0.652. The van der Waals surface area contributed by atoms with Crippen molar-refractivity contribution >= 4 is 0 Å². The Labute approximate surface area is 106 Å². The van der Waals surface area contributed by atoms with Crippen LogP contribution in [0.3, 0.4) is 0 Å². The Morgan fingerprint density at radius 1 is 1.39 bits per heavy atom. The van der Waals surface area contributed by atoms with Crippen molar-refractivity contribution in [1.82, 2.24) is 14.9 Å². The third kappa shape index (κ3) is 2.20. The summed E-state index contributed by atoms with van der Waals surface area (Å²) < 4.78 is 5.71. The van der Waals surface area contributed by atoms with Crippen molar-refractivity contribution < 1.29 is 4.74 Å².